The molecule has 0 radical (unpaired) electrons. The minimum atomic E-state index is -0.175. The first kappa shape index (κ1) is 20.7. The highest BCUT2D eigenvalue weighted by atomic mass is 16.5. The van der Waals surface area contributed by atoms with Crippen LogP contribution >= 0.6 is 0 Å². The van der Waals surface area contributed by atoms with Crippen LogP contribution in [-0.4, -0.2) is 24.4 Å². The van der Waals surface area contributed by atoms with E-state index in [1.165, 1.54) is 33.5 Å². The molecule has 0 saturated heterocycles. The third kappa shape index (κ3) is 4.05. The number of aliphatic hydroxyl groups excluding tert-OH is 1. The summed E-state index contributed by atoms with van der Waals surface area (Å²) in [6.45, 7) is 12.2. The zero-order valence-corrected chi connectivity index (χ0v) is 18.3. The Hall–Kier alpha value is -2.00. The lowest BCUT2D eigenvalue weighted by molar-refractivity contribution is 0.137. The summed E-state index contributed by atoms with van der Waals surface area (Å²) in [5.74, 6) is 1.47. The Morgan fingerprint density at radius 1 is 1.18 bits per heavy atom. The quantitative estimate of drug-likeness (QED) is 0.698. The summed E-state index contributed by atoms with van der Waals surface area (Å²) in [5.41, 5.74) is 7.84. The van der Waals surface area contributed by atoms with Gasteiger partial charge in [0.15, 0.2) is 0 Å². The van der Waals surface area contributed by atoms with E-state index in [-0.39, 0.29) is 12.2 Å². The average Bonchev–Trinajstić information content (AvgIpc) is 2.97. The number of rotatable bonds is 7. The van der Waals surface area contributed by atoms with Gasteiger partial charge in [0.25, 0.3) is 0 Å². The maximum absolute atomic E-state index is 9.48. The minimum absolute atomic E-state index is 0.175. The molecule has 0 aromatic heterocycles. The van der Waals surface area contributed by atoms with E-state index in [0.717, 1.165) is 31.6 Å². The van der Waals surface area contributed by atoms with Gasteiger partial charge in [0, 0.05) is 43.4 Å². The summed E-state index contributed by atoms with van der Waals surface area (Å²) < 4.78 is 6.45. The molecule has 0 bridgehead atoms. The standard InChI is InChI=1S/C25H35NO2/c1-17(2)22-20(13-10-14-27)24-21(15-25(4,5)28-24)18(3)23(22)26(6)16-19-11-8-7-9-12-19/h7-9,11-12,17,27H,10,13-16H2,1-6H3. The number of ether oxygens (including phenoxy) is 1. The molecule has 0 spiro atoms. The van der Waals surface area contributed by atoms with Crippen LogP contribution in [0.3, 0.4) is 0 Å². The second kappa shape index (κ2) is 8.16. The van der Waals surface area contributed by atoms with Crippen LogP contribution in [0, 0.1) is 6.92 Å². The van der Waals surface area contributed by atoms with Gasteiger partial charge in [-0.3, -0.25) is 0 Å². The molecule has 0 atom stereocenters. The Balaban J connectivity index is 2.15. The second-order valence-corrected chi connectivity index (χ2v) is 9.04. The lowest BCUT2D eigenvalue weighted by atomic mass is 9.85. The fraction of sp³-hybridized carbons (Fsp3) is 0.520. The van der Waals surface area contributed by atoms with Gasteiger partial charge in [-0.2, -0.15) is 0 Å². The van der Waals surface area contributed by atoms with E-state index in [1.807, 2.05) is 0 Å². The van der Waals surface area contributed by atoms with E-state index in [0.29, 0.717) is 5.92 Å². The van der Waals surface area contributed by atoms with Crippen LogP contribution in [-0.2, 0) is 19.4 Å². The predicted octanol–water partition coefficient (Wildman–Crippen LogP) is 5.39. The van der Waals surface area contributed by atoms with Gasteiger partial charge in [-0.1, -0.05) is 44.2 Å². The summed E-state index contributed by atoms with van der Waals surface area (Å²) in [6.07, 6.45) is 2.56. The molecule has 28 heavy (non-hydrogen) atoms. The highest BCUT2D eigenvalue weighted by Crippen LogP contribution is 2.48. The summed E-state index contributed by atoms with van der Waals surface area (Å²) in [5, 5.41) is 9.48. The summed E-state index contributed by atoms with van der Waals surface area (Å²) in [4.78, 5) is 2.40. The van der Waals surface area contributed by atoms with Crippen molar-refractivity contribution in [3.05, 3.63) is 58.1 Å². The zero-order valence-electron chi connectivity index (χ0n) is 18.3. The molecule has 152 valence electrons. The first-order valence-electron chi connectivity index (χ1n) is 10.5. The van der Waals surface area contributed by atoms with E-state index >= 15 is 0 Å². The maximum Gasteiger partial charge on any atom is 0.127 e. The van der Waals surface area contributed by atoms with Crippen molar-refractivity contribution in [3.63, 3.8) is 0 Å². The Labute approximate surface area is 170 Å². The third-order valence-electron chi connectivity index (χ3n) is 5.72. The molecule has 2 aromatic rings. The molecule has 1 heterocycles. The Kier molecular flexibility index (Phi) is 6.04. The molecule has 3 rings (SSSR count). The molecule has 0 unspecified atom stereocenters. The second-order valence-electron chi connectivity index (χ2n) is 9.04. The average molecular weight is 382 g/mol. The molecule has 0 amide bonds. The number of hydrogen-bond donors (Lipinski definition) is 1. The minimum Gasteiger partial charge on any atom is -0.487 e. The first-order chi connectivity index (χ1) is 13.2. The van der Waals surface area contributed by atoms with Crippen LogP contribution < -0.4 is 9.64 Å². The largest absolute Gasteiger partial charge is 0.487 e. The number of nitrogens with zero attached hydrogens (tertiary/aromatic N) is 1. The molecule has 1 aliphatic heterocycles. The first-order valence-corrected chi connectivity index (χ1v) is 10.5. The topological polar surface area (TPSA) is 32.7 Å². The predicted molar refractivity (Wildman–Crippen MR) is 118 cm³/mol. The van der Waals surface area contributed by atoms with E-state index in [4.69, 9.17) is 4.74 Å². The summed E-state index contributed by atoms with van der Waals surface area (Å²) in [7, 11) is 2.20. The number of benzene rings is 2. The van der Waals surface area contributed by atoms with Crippen molar-refractivity contribution in [1.29, 1.82) is 0 Å². The lowest BCUT2D eigenvalue weighted by Crippen LogP contribution is -2.25. The van der Waals surface area contributed by atoms with Gasteiger partial charge >= 0.3 is 0 Å². The Morgan fingerprint density at radius 2 is 1.86 bits per heavy atom. The fourth-order valence-electron chi connectivity index (χ4n) is 4.59. The summed E-state index contributed by atoms with van der Waals surface area (Å²) >= 11 is 0. The van der Waals surface area contributed by atoms with Crippen LogP contribution in [0.1, 0.15) is 67.9 Å². The number of aliphatic hydroxyl groups is 1. The van der Waals surface area contributed by atoms with Crippen LogP contribution in [0.4, 0.5) is 5.69 Å². The monoisotopic (exact) mass is 381 g/mol. The van der Waals surface area contributed by atoms with Gasteiger partial charge in [0.05, 0.1) is 0 Å². The van der Waals surface area contributed by atoms with Crippen molar-refractivity contribution in [2.75, 3.05) is 18.6 Å². The van der Waals surface area contributed by atoms with E-state index in [9.17, 15) is 5.11 Å². The van der Waals surface area contributed by atoms with E-state index < -0.39 is 0 Å². The molecule has 1 aliphatic rings. The molecular formula is C25H35NO2. The molecular weight excluding hydrogens is 346 g/mol. The zero-order chi connectivity index (χ0) is 20.5. The molecule has 3 heteroatoms. The van der Waals surface area contributed by atoms with Crippen molar-refractivity contribution in [1.82, 2.24) is 0 Å². The highest BCUT2D eigenvalue weighted by molar-refractivity contribution is 5.71. The fourth-order valence-corrected chi connectivity index (χ4v) is 4.59. The van der Waals surface area contributed by atoms with E-state index in [2.05, 4.69) is 76.9 Å². The molecule has 3 nitrogen and oxygen atoms in total. The van der Waals surface area contributed by atoms with Gasteiger partial charge in [-0.05, 0) is 56.2 Å². The number of fused-ring (bicyclic) bond motifs is 1. The number of anilines is 1. The van der Waals surface area contributed by atoms with Crippen molar-refractivity contribution >= 4 is 5.69 Å². The van der Waals surface area contributed by atoms with Crippen molar-refractivity contribution in [2.45, 2.75) is 71.9 Å². The Bertz CT molecular complexity index is 824. The normalized spacial score (nSPS) is 14.9. The van der Waals surface area contributed by atoms with Crippen molar-refractivity contribution in [3.8, 4) is 5.75 Å². The molecule has 1 N–H and O–H groups in total. The van der Waals surface area contributed by atoms with Gasteiger partial charge in [0.1, 0.15) is 11.4 Å². The van der Waals surface area contributed by atoms with Gasteiger partial charge in [0.2, 0.25) is 0 Å². The van der Waals surface area contributed by atoms with Gasteiger partial charge < -0.3 is 14.7 Å². The van der Waals surface area contributed by atoms with Crippen molar-refractivity contribution in [2.24, 2.45) is 0 Å². The maximum atomic E-state index is 9.48. The molecule has 0 aliphatic carbocycles. The van der Waals surface area contributed by atoms with Crippen LogP contribution in [0.15, 0.2) is 30.3 Å². The lowest BCUT2D eigenvalue weighted by Gasteiger charge is -2.30. The van der Waals surface area contributed by atoms with E-state index in [1.54, 1.807) is 0 Å². The molecule has 0 fully saturated rings. The molecule has 2 aromatic carbocycles. The SMILES string of the molecule is Cc1c2c(c(CCCO)c(C(C)C)c1N(C)Cc1ccccc1)OC(C)(C)C2. The van der Waals surface area contributed by atoms with Crippen molar-refractivity contribution < 1.29 is 9.84 Å². The Morgan fingerprint density at radius 3 is 2.46 bits per heavy atom. The van der Waals surface area contributed by atoms with Crippen LogP contribution in [0.25, 0.3) is 0 Å². The highest BCUT2D eigenvalue weighted by Gasteiger charge is 2.36. The van der Waals surface area contributed by atoms with Crippen LogP contribution in [0.5, 0.6) is 5.75 Å². The van der Waals surface area contributed by atoms with Gasteiger partial charge in [-0.15, -0.1) is 0 Å². The van der Waals surface area contributed by atoms with Crippen LogP contribution in [0.2, 0.25) is 0 Å². The smallest absolute Gasteiger partial charge is 0.127 e. The third-order valence-corrected chi connectivity index (χ3v) is 5.72. The molecule has 0 saturated carbocycles. The van der Waals surface area contributed by atoms with Gasteiger partial charge in [-0.25, -0.2) is 0 Å². The summed E-state index contributed by atoms with van der Waals surface area (Å²) in [6, 6.07) is 10.6. The number of hydrogen-bond acceptors (Lipinski definition) is 3.